The number of para-hydroxylation sites is 1. The van der Waals surface area contributed by atoms with Crippen LogP contribution in [0.25, 0.3) is 0 Å². The molecule has 0 saturated carbocycles. The molecule has 0 unspecified atom stereocenters. The van der Waals surface area contributed by atoms with Crippen molar-refractivity contribution in [3.8, 4) is 0 Å². The average Bonchev–Trinajstić information content (AvgIpc) is 2.67. The Morgan fingerprint density at radius 1 is 0.880 bits per heavy atom. The first-order chi connectivity index (χ1) is 12.2. The zero-order valence-electron chi connectivity index (χ0n) is 14.0. The Morgan fingerprint density at radius 2 is 1.48 bits per heavy atom. The smallest absolute Gasteiger partial charge is 0.168 e. The number of anilines is 1. The van der Waals surface area contributed by atoms with Crippen LogP contribution in [0.3, 0.4) is 0 Å². The topological polar surface area (TPSA) is 15.6 Å². The summed E-state index contributed by atoms with van der Waals surface area (Å²) in [4.78, 5) is 6.95. The van der Waals surface area contributed by atoms with Gasteiger partial charge in [-0.25, -0.2) is 4.99 Å². The molecule has 0 aliphatic heterocycles. The molecular weight excluding hydrogens is 348 g/mol. The minimum absolute atomic E-state index is 0.717. The van der Waals surface area contributed by atoms with Gasteiger partial charge in [0.15, 0.2) is 5.17 Å². The molecular formula is C21H19ClN2S. The van der Waals surface area contributed by atoms with Gasteiger partial charge in [0.1, 0.15) is 0 Å². The first-order valence-electron chi connectivity index (χ1n) is 8.02. The highest BCUT2D eigenvalue weighted by Gasteiger charge is 2.10. The summed E-state index contributed by atoms with van der Waals surface area (Å²) in [7, 11) is 2.04. The molecule has 4 heteroatoms. The lowest BCUT2D eigenvalue weighted by atomic mass is 10.2. The monoisotopic (exact) mass is 366 g/mol. The number of halogens is 1. The van der Waals surface area contributed by atoms with E-state index in [1.165, 1.54) is 5.56 Å². The molecule has 0 aromatic heterocycles. The fourth-order valence-electron chi connectivity index (χ4n) is 2.31. The molecule has 0 radical (unpaired) electrons. The summed E-state index contributed by atoms with van der Waals surface area (Å²) in [5.41, 5.74) is 3.27. The van der Waals surface area contributed by atoms with Crippen LogP contribution in [0.15, 0.2) is 89.9 Å². The molecule has 0 bridgehead atoms. The third-order valence-corrected chi connectivity index (χ3v) is 5.05. The van der Waals surface area contributed by atoms with Crippen LogP contribution in [0.5, 0.6) is 0 Å². The van der Waals surface area contributed by atoms with Gasteiger partial charge in [0.2, 0.25) is 0 Å². The summed E-state index contributed by atoms with van der Waals surface area (Å²) < 4.78 is 0. The number of benzene rings is 3. The van der Waals surface area contributed by atoms with Gasteiger partial charge in [-0.2, -0.15) is 0 Å². The lowest BCUT2D eigenvalue weighted by Crippen LogP contribution is -2.23. The third kappa shape index (κ3) is 5.12. The summed E-state index contributed by atoms with van der Waals surface area (Å²) in [5, 5.41) is 1.66. The number of thioether (sulfide) groups is 1. The van der Waals surface area contributed by atoms with E-state index in [9.17, 15) is 0 Å². The highest BCUT2D eigenvalue weighted by Crippen LogP contribution is 2.25. The highest BCUT2D eigenvalue weighted by molar-refractivity contribution is 8.13. The van der Waals surface area contributed by atoms with Gasteiger partial charge in [0, 0.05) is 23.5 Å². The van der Waals surface area contributed by atoms with E-state index in [1.54, 1.807) is 11.8 Å². The van der Waals surface area contributed by atoms with Gasteiger partial charge in [-0.15, -0.1) is 0 Å². The van der Waals surface area contributed by atoms with E-state index in [1.807, 2.05) is 55.6 Å². The second kappa shape index (κ2) is 8.75. The molecule has 3 aromatic rings. The second-order valence-electron chi connectivity index (χ2n) is 5.54. The Morgan fingerprint density at radius 3 is 2.12 bits per heavy atom. The Kier molecular flexibility index (Phi) is 6.15. The van der Waals surface area contributed by atoms with E-state index in [2.05, 4.69) is 41.3 Å². The van der Waals surface area contributed by atoms with Crippen molar-refractivity contribution in [3.63, 3.8) is 0 Å². The largest absolute Gasteiger partial charge is 0.324 e. The second-order valence-corrected chi connectivity index (χ2v) is 6.92. The summed E-state index contributed by atoms with van der Waals surface area (Å²) in [6.07, 6.45) is 0. The van der Waals surface area contributed by atoms with Gasteiger partial charge in [-0.05, 0) is 42.0 Å². The van der Waals surface area contributed by atoms with Crippen molar-refractivity contribution in [2.75, 3.05) is 11.9 Å². The zero-order valence-corrected chi connectivity index (χ0v) is 15.5. The van der Waals surface area contributed by atoms with E-state index in [0.717, 1.165) is 22.3 Å². The predicted molar refractivity (Wildman–Crippen MR) is 111 cm³/mol. The highest BCUT2D eigenvalue weighted by atomic mass is 35.5. The predicted octanol–water partition coefficient (Wildman–Crippen LogP) is 6.40. The molecule has 0 fully saturated rings. The molecule has 0 N–H and O–H groups in total. The maximum atomic E-state index is 5.98. The van der Waals surface area contributed by atoms with Gasteiger partial charge in [-0.3, -0.25) is 0 Å². The van der Waals surface area contributed by atoms with Crippen LogP contribution in [0.1, 0.15) is 5.56 Å². The van der Waals surface area contributed by atoms with E-state index >= 15 is 0 Å². The summed E-state index contributed by atoms with van der Waals surface area (Å²) in [6, 6.07) is 28.3. The van der Waals surface area contributed by atoms with Crippen LogP contribution < -0.4 is 4.90 Å². The Balaban J connectivity index is 1.86. The van der Waals surface area contributed by atoms with Crippen LogP contribution in [0, 0.1) is 0 Å². The van der Waals surface area contributed by atoms with Crippen molar-refractivity contribution in [1.29, 1.82) is 0 Å². The van der Waals surface area contributed by atoms with Crippen molar-refractivity contribution >= 4 is 39.9 Å². The number of nitrogens with zero attached hydrogens (tertiary/aromatic N) is 2. The fraction of sp³-hybridized carbons (Fsp3) is 0.0952. The van der Waals surface area contributed by atoms with Crippen LogP contribution >= 0.6 is 23.4 Å². The Labute approximate surface area is 158 Å². The average molecular weight is 367 g/mol. The van der Waals surface area contributed by atoms with Gasteiger partial charge < -0.3 is 4.90 Å². The first-order valence-corrected chi connectivity index (χ1v) is 9.38. The van der Waals surface area contributed by atoms with Crippen molar-refractivity contribution in [3.05, 3.63) is 95.5 Å². The molecule has 3 rings (SSSR count). The molecule has 0 saturated heterocycles. The maximum absolute atomic E-state index is 5.98. The molecule has 0 spiro atoms. The maximum Gasteiger partial charge on any atom is 0.168 e. The number of hydrogen-bond donors (Lipinski definition) is 0. The molecule has 3 aromatic carbocycles. The Hall–Kier alpha value is -2.23. The zero-order chi connectivity index (χ0) is 17.5. The standard InChI is InChI=1S/C21H19ClN2S/c1-24(20-10-6-3-7-11-20)21(23-19-14-12-18(22)13-15-19)25-16-17-8-4-2-5-9-17/h2-15H,16H2,1H3. The summed E-state index contributed by atoms with van der Waals surface area (Å²) in [5.74, 6) is 0.866. The number of aliphatic imine (C=N–C) groups is 1. The van der Waals surface area contributed by atoms with Gasteiger partial charge in [0.25, 0.3) is 0 Å². The summed E-state index contributed by atoms with van der Waals surface area (Å²) >= 11 is 7.70. The van der Waals surface area contributed by atoms with Gasteiger partial charge >= 0.3 is 0 Å². The molecule has 0 atom stereocenters. The van der Waals surface area contributed by atoms with E-state index in [4.69, 9.17) is 16.6 Å². The quantitative estimate of drug-likeness (QED) is 0.392. The van der Waals surface area contributed by atoms with Crippen LogP contribution in [0.2, 0.25) is 5.02 Å². The SMILES string of the molecule is CN(C(=Nc1ccc(Cl)cc1)SCc1ccccc1)c1ccccc1. The minimum atomic E-state index is 0.717. The molecule has 0 aliphatic carbocycles. The number of hydrogen-bond acceptors (Lipinski definition) is 2. The normalized spacial score (nSPS) is 11.4. The third-order valence-electron chi connectivity index (χ3n) is 3.69. The van der Waals surface area contributed by atoms with Crippen molar-refractivity contribution in [1.82, 2.24) is 0 Å². The van der Waals surface area contributed by atoms with Crippen molar-refractivity contribution < 1.29 is 0 Å². The fourth-order valence-corrected chi connectivity index (χ4v) is 3.40. The van der Waals surface area contributed by atoms with Crippen LogP contribution in [-0.4, -0.2) is 12.2 Å². The Bertz CT molecular complexity index is 818. The number of amidine groups is 1. The van der Waals surface area contributed by atoms with Crippen LogP contribution in [-0.2, 0) is 5.75 Å². The molecule has 126 valence electrons. The van der Waals surface area contributed by atoms with Crippen LogP contribution in [0.4, 0.5) is 11.4 Å². The lowest BCUT2D eigenvalue weighted by molar-refractivity contribution is 1.27. The molecule has 0 aliphatic rings. The minimum Gasteiger partial charge on any atom is -0.324 e. The first kappa shape index (κ1) is 17.6. The molecule has 25 heavy (non-hydrogen) atoms. The van der Waals surface area contributed by atoms with Crippen molar-refractivity contribution in [2.24, 2.45) is 4.99 Å². The van der Waals surface area contributed by atoms with E-state index in [0.29, 0.717) is 5.02 Å². The lowest BCUT2D eigenvalue weighted by Gasteiger charge is -2.21. The molecule has 0 amide bonds. The number of rotatable bonds is 4. The van der Waals surface area contributed by atoms with Gasteiger partial charge in [0.05, 0.1) is 5.69 Å². The van der Waals surface area contributed by atoms with E-state index in [-0.39, 0.29) is 0 Å². The summed E-state index contributed by atoms with van der Waals surface area (Å²) in [6.45, 7) is 0. The van der Waals surface area contributed by atoms with Gasteiger partial charge in [-0.1, -0.05) is 71.9 Å². The molecule has 2 nitrogen and oxygen atoms in total. The van der Waals surface area contributed by atoms with Crippen molar-refractivity contribution in [2.45, 2.75) is 5.75 Å². The molecule has 0 heterocycles. The van der Waals surface area contributed by atoms with E-state index < -0.39 is 0 Å².